The van der Waals surface area contributed by atoms with E-state index in [1.165, 1.54) is 0 Å². The molecule has 0 saturated heterocycles. The van der Waals surface area contributed by atoms with Gasteiger partial charge in [-0.2, -0.15) is 0 Å². The zero-order valence-corrected chi connectivity index (χ0v) is 16.2. The van der Waals surface area contributed by atoms with Crippen molar-refractivity contribution >= 4 is 27.6 Å². The molecule has 0 bridgehead atoms. The monoisotopic (exact) mass is 375 g/mol. The number of imidazole rings is 1. The first-order valence-corrected chi connectivity index (χ1v) is 9.08. The van der Waals surface area contributed by atoms with Gasteiger partial charge in [0.1, 0.15) is 17.2 Å². The van der Waals surface area contributed by atoms with Crippen molar-refractivity contribution < 1.29 is 9.84 Å². The summed E-state index contributed by atoms with van der Waals surface area (Å²) in [6.45, 7) is 3.47. The number of aryl methyl sites for hydroxylation is 1. The molecule has 5 rings (SSSR count). The summed E-state index contributed by atoms with van der Waals surface area (Å²) in [7, 11) is 3.70. The van der Waals surface area contributed by atoms with Crippen LogP contribution in [0.1, 0.15) is 19.7 Å². The number of aromatic amines is 1. The molecule has 0 aliphatic rings. The lowest BCUT2D eigenvalue weighted by atomic mass is 10.1. The fraction of sp³-hybridized carbons (Fsp3) is 0.238. The van der Waals surface area contributed by atoms with Gasteiger partial charge < -0.3 is 19.4 Å². The van der Waals surface area contributed by atoms with Gasteiger partial charge in [0.15, 0.2) is 5.65 Å². The van der Waals surface area contributed by atoms with Gasteiger partial charge in [-0.15, -0.1) is 0 Å². The maximum atomic E-state index is 10.5. The Hall–Kier alpha value is -3.32. The van der Waals surface area contributed by atoms with E-state index in [1.54, 1.807) is 33.4 Å². The Kier molecular flexibility index (Phi) is 3.36. The first-order chi connectivity index (χ1) is 13.4. The molecule has 0 atom stereocenters. The predicted octanol–water partition coefficient (Wildman–Crippen LogP) is 3.61. The Balaban J connectivity index is 1.80. The SMILES string of the molecule is COc1ccc2c(c1)c(-c1cc3c(ncc4cnc(C(C)(C)O)n43)[nH]1)cn2C. The average molecular weight is 375 g/mol. The van der Waals surface area contributed by atoms with E-state index in [1.807, 2.05) is 23.6 Å². The molecule has 0 amide bonds. The molecular weight excluding hydrogens is 354 g/mol. The summed E-state index contributed by atoms with van der Waals surface area (Å²) in [5.74, 6) is 1.40. The van der Waals surface area contributed by atoms with Gasteiger partial charge in [-0.1, -0.05) is 0 Å². The number of methoxy groups -OCH3 is 1. The fourth-order valence-corrected chi connectivity index (χ4v) is 3.83. The van der Waals surface area contributed by atoms with E-state index in [2.05, 4.69) is 37.8 Å². The highest BCUT2D eigenvalue weighted by atomic mass is 16.5. The highest BCUT2D eigenvalue weighted by Crippen LogP contribution is 2.34. The summed E-state index contributed by atoms with van der Waals surface area (Å²) in [5.41, 5.74) is 4.53. The highest BCUT2D eigenvalue weighted by molar-refractivity contribution is 5.98. The lowest BCUT2D eigenvalue weighted by Gasteiger charge is -2.15. The lowest BCUT2D eigenvalue weighted by Crippen LogP contribution is -2.19. The van der Waals surface area contributed by atoms with Crippen LogP contribution in [0.4, 0.5) is 0 Å². The fourth-order valence-electron chi connectivity index (χ4n) is 3.83. The number of hydrogen-bond donors (Lipinski definition) is 2. The molecule has 0 spiro atoms. The quantitative estimate of drug-likeness (QED) is 0.505. The number of aliphatic hydroxyl groups is 1. The van der Waals surface area contributed by atoms with Crippen molar-refractivity contribution in [1.29, 1.82) is 0 Å². The minimum atomic E-state index is -1.06. The van der Waals surface area contributed by atoms with Crippen molar-refractivity contribution in [3.63, 3.8) is 0 Å². The van der Waals surface area contributed by atoms with Crippen molar-refractivity contribution in [1.82, 2.24) is 23.9 Å². The van der Waals surface area contributed by atoms with Crippen molar-refractivity contribution in [2.75, 3.05) is 7.11 Å². The standard InChI is InChI=1S/C21H21N5O2/c1-21(2,27)20-23-10-12-9-22-19-18(26(12)20)8-16(24-19)15-11-25(3)17-6-5-13(28-4)7-14(15)17/h5-11,24,27H,1-4H3. The van der Waals surface area contributed by atoms with Gasteiger partial charge in [0.2, 0.25) is 0 Å². The maximum absolute atomic E-state index is 10.5. The van der Waals surface area contributed by atoms with Gasteiger partial charge in [0.25, 0.3) is 0 Å². The number of fused-ring (bicyclic) bond motifs is 4. The normalized spacial score (nSPS) is 12.5. The summed E-state index contributed by atoms with van der Waals surface area (Å²) in [5, 5.41) is 11.6. The van der Waals surface area contributed by atoms with Crippen molar-refractivity contribution in [3.8, 4) is 17.0 Å². The van der Waals surface area contributed by atoms with Gasteiger partial charge in [-0.05, 0) is 38.1 Å². The number of ether oxygens (including phenoxy) is 1. The van der Waals surface area contributed by atoms with Crippen LogP contribution in [0, 0.1) is 0 Å². The molecule has 1 aromatic carbocycles. The average Bonchev–Trinajstić information content (AvgIpc) is 3.34. The Morgan fingerprint density at radius 1 is 1.11 bits per heavy atom. The summed E-state index contributed by atoms with van der Waals surface area (Å²) in [6.07, 6.45) is 5.59. The van der Waals surface area contributed by atoms with E-state index in [9.17, 15) is 5.11 Å². The number of nitrogens with zero attached hydrogens (tertiary/aromatic N) is 4. The number of benzene rings is 1. The molecule has 4 heterocycles. The van der Waals surface area contributed by atoms with Crippen molar-refractivity contribution in [2.24, 2.45) is 7.05 Å². The number of aromatic nitrogens is 5. The van der Waals surface area contributed by atoms with E-state index < -0.39 is 5.60 Å². The van der Waals surface area contributed by atoms with Gasteiger partial charge in [-0.25, -0.2) is 9.97 Å². The van der Waals surface area contributed by atoms with Crippen LogP contribution in [0.15, 0.2) is 42.9 Å². The third-order valence-electron chi connectivity index (χ3n) is 5.17. The van der Waals surface area contributed by atoms with E-state index >= 15 is 0 Å². The molecule has 7 heteroatoms. The Morgan fingerprint density at radius 2 is 1.89 bits per heavy atom. The second kappa shape index (κ2) is 5.59. The molecule has 0 saturated carbocycles. The first-order valence-electron chi connectivity index (χ1n) is 9.08. The zero-order valence-electron chi connectivity index (χ0n) is 16.2. The largest absolute Gasteiger partial charge is 0.497 e. The van der Waals surface area contributed by atoms with E-state index in [0.29, 0.717) is 5.82 Å². The summed E-state index contributed by atoms with van der Waals surface area (Å²) >= 11 is 0. The molecule has 0 aliphatic heterocycles. The topological polar surface area (TPSA) is 80.4 Å². The molecule has 0 radical (unpaired) electrons. The minimum Gasteiger partial charge on any atom is -0.497 e. The van der Waals surface area contributed by atoms with Crippen molar-refractivity contribution in [3.05, 3.63) is 48.7 Å². The summed E-state index contributed by atoms with van der Waals surface area (Å²) in [6, 6.07) is 8.11. The summed E-state index contributed by atoms with van der Waals surface area (Å²) < 4.78 is 9.46. The second-order valence-corrected chi connectivity index (χ2v) is 7.61. The Labute approximate surface area is 161 Å². The number of rotatable bonds is 3. The zero-order chi connectivity index (χ0) is 19.6. The molecule has 7 nitrogen and oxygen atoms in total. The number of hydrogen-bond acceptors (Lipinski definition) is 4. The van der Waals surface area contributed by atoms with E-state index in [0.717, 1.165) is 44.6 Å². The van der Waals surface area contributed by atoms with Crippen LogP contribution >= 0.6 is 0 Å². The first kappa shape index (κ1) is 16.8. The van der Waals surface area contributed by atoms with Gasteiger partial charge >= 0.3 is 0 Å². The maximum Gasteiger partial charge on any atom is 0.154 e. The highest BCUT2D eigenvalue weighted by Gasteiger charge is 2.24. The molecule has 0 aliphatic carbocycles. The summed E-state index contributed by atoms with van der Waals surface area (Å²) in [4.78, 5) is 12.4. The third-order valence-corrected chi connectivity index (χ3v) is 5.17. The smallest absolute Gasteiger partial charge is 0.154 e. The molecular formula is C21H21N5O2. The molecule has 0 unspecified atom stereocenters. The van der Waals surface area contributed by atoms with Crippen LogP contribution in [0.5, 0.6) is 5.75 Å². The van der Waals surface area contributed by atoms with Crippen molar-refractivity contribution in [2.45, 2.75) is 19.4 Å². The Bertz CT molecular complexity index is 1350. The molecule has 28 heavy (non-hydrogen) atoms. The Morgan fingerprint density at radius 3 is 2.64 bits per heavy atom. The number of nitrogens with one attached hydrogen (secondary N) is 1. The minimum absolute atomic E-state index is 0.583. The van der Waals surface area contributed by atoms with Crippen LogP contribution in [-0.4, -0.2) is 36.1 Å². The van der Waals surface area contributed by atoms with Gasteiger partial charge in [0, 0.05) is 29.7 Å². The predicted molar refractivity (Wildman–Crippen MR) is 109 cm³/mol. The van der Waals surface area contributed by atoms with E-state index in [4.69, 9.17) is 4.74 Å². The van der Waals surface area contributed by atoms with Crippen LogP contribution in [0.3, 0.4) is 0 Å². The van der Waals surface area contributed by atoms with Crippen LogP contribution in [0.25, 0.3) is 38.8 Å². The van der Waals surface area contributed by atoms with Gasteiger partial charge in [-0.3, -0.25) is 4.40 Å². The number of H-pyrrole nitrogens is 1. The van der Waals surface area contributed by atoms with Crippen LogP contribution in [0.2, 0.25) is 0 Å². The molecule has 4 aromatic heterocycles. The van der Waals surface area contributed by atoms with E-state index in [-0.39, 0.29) is 0 Å². The van der Waals surface area contributed by atoms with Gasteiger partial charge in [0.05, 0.1) is 36.2 Å². The van der Waals surface area contributed by atoms with Crippen LogP contribution < -0.4 is 4.74 Å². The third kappa shape index (κ3) is 2.33. The molecule has 5 aromatic rings. The second-order valence-electron chi connectivity index (χ2n) is 7.61. The molecule has 0 fully saturated rings. The molecule has 142 valence electrons. The lowest BCUT2D eigenvalue weighted by molar-refractivity contribution is 0.0686. The van der Waals surface area contributed by atoms with Crippen LogP contribution in [-0.2, 0) is 12.6 Å². The molecule has 2 N–H and O–H groups in total.